The minimum atomic E-state index is -0.294. The van der Waals surface area contributed by atoms with Crippen LogP contribution >= 0.6 is 0 Å². The highest BCUT2D eigenvalue weighted by Gasteiger charge is 2.18. The normalized spacial score (nSPS) is 10.2. The molecule has 0 aliphatic carbocycles. The molecule has 1 rings (SSSR count). The van der Waals surface area contributed by atoms with Crippen molar-refractivity contribution in [1.82, 2.24) is 0 Å². The molecule has 0 spiro atoms. The number of aryl methyl sites for hydroxylation is 1. The molecule has 4 nitrogen and oxygen atoms in total. The lowest BCUT2D eigenvalue weighted by molar-refractivity contribution is -0.687. The van der Waals surface area contributed by atoms with E-state index in [4.69, 9.17) is 10.2 Å². The fourth-order valence-electron chi connectivity index (χ4n) is 1.06. The number of aliphatic hydroxyl groups is 1. The fraction of sp³-hybridized carbons (Fsp3) is 0.375. The molecular weight excluding hydrogens is 158 g/mol. The summed E-state index contributed by atoms with van der Waals surface area (Å²) in [6, 6.07) is 1.44. The van der Waals surface area contributed by atoms with Crippen molar-refractivity contribution in [1.29, 1.82) is 0 Å². The van der Waals surface area contributed by atoms with Crippen LogP contribution in [0.4, 0.5) is 0 Å². The van der Waals surface area contributed by atoms with E-state index in [9.17, 15) is 5.11 Å². The van der Waals surface area contributed by atoms with E-state index in [-0.39, 0.29) is 18.1 Å². The van der Waals surface area contributed by atoms with Crippen LogP contribution in [-0.2, 0) is 13.7 Å². The lowest BCUT2D eigenvalue weighted by Gasteiger charge is -2.03. The Morgan fingerprint density at radius 3 is 2.50 bits per heavy atom. The fourth-order valence-corrected chi connectivity index (χ4v) is 1.06. The van der Waals surface area contributed by atoms with Gasteiger partial charge in [0.1, 0.15) is 13.7 Å². The molecule has 1 heterocycles. The first kappa shape index (κ1) is 8.80. The lowest BCUT2D eigenvalue weighted by Crippen LogP contribution is -2.36. The second kappa shape index (κ2) is 2.98. The molecule has 3 N–H and O–H groups in total. The first-order chi connectivity index (χ1) is 5.57. The Labute approximate surface area is 70.3 Å². The van der Waals surface area contributed by atoms with Gasteiger partial charge < -0.3 is 15.3 Å². The Balaban J connectivity index is 3.42. The summed E-state index contributed by atoms with van der Waals surface area (Å²) in [4.78, 5) is 0. The zero-order chi connectivity index (χ0) is 9.30. The van der Waals surface area contributed by atoms with E-state index in [0.29, 0.717) is 5.69 Å². The standard InChI is InChI=1S/C8H11NO3/c1-5-3-7(11)8(12)6(4-10)9(5)2/h3,10,12H,4H2,1-2H3/p+1. The van der Waals surface area contributed by atoms with Gasteiger partial charge in [0.15, 0.2) is 11.4 Å². The van der Waals surface area contributed by atoms with E-state index in [1.54, 1.807) is 18.5 Å². The maximum Gasteiger partial charge on any atom is 0.253 e. The molecule has 0 saturated carbocycles. The largest absolute Gasteiger partial charge is 0.504 e. The van der Waals surface area contributed by atoms with Gasteiger partial charge in [0.2, 0.25) is 5.75 Å². The lowest BCUT2D eigenvalue weighted by atomic mass is 10.2. The maximum atomic E-state index is 9.27. The van der Waals surface area contributed by atoms with Crippen molar-refractivity contribution in [3.05, 3.63) is 17.5 Å². The van der Waals surface area contributed by atoms with E-state index in [2.05, 4.69) is 0 Å². The summed E-state index contributed by atoms with van der Waals surface area (Å²) in [7, 11) is 1.71. The Bertz CT molecular complexity index is 283. The molecule has 0 fully saturated rings. The van der Waals surface area contributed by atoms with Crippen LogP contribution in [0.3, 0.4) is 0 Å². The van der Waals surface area contributed by atoms with Gasteiger partial charge >= 0.3 is 0 Å². The van der Waals surface area contributed by atoms with Crippen LogP contribution in [-0.4, -0.2) is 15.3 Å². The third-order valence-corrected chi connectivity index (χ3v) is 1.95. The number of aliphatic hydroxyl groups excluding tert-OH is 1. The van der Waals surface area contributed by atoms with Crippen molar-refractivity contribution in [3.8, 4) is 11.5 Å². The molecule has 0 saturated heterocycles. The molecule has 0 aliphatic heterocycles. The molecule has 1 aromatic rings. The van der Waals surface area contributed by atoms with Crippen molar-refractivity contribution in [2.45, 2.75) is 13.5 Å². The smallest absolute Gasteiger partial charge is 0.253 e. The van der Waals surface area contributed by atoms with Crippen LogP contribution in [0.25, 0.3) is 0 Å². The summed E-state index contributed by atoms with van der Waals surface area (Å²) < 4.78 is 1.62. The third-order valence-electron chi connectivity index (χ3n) is 1.95. The molecular formula is C8H12NO3+. The first-order valence-electron chi connectivity index (χ1n) is 3.59. The summed E-state index contributed by atoms with van der Waals surface area (Å²) in [6.45, 7) is 1.48. The second-order valence-corrected chi connectivity index (χ2v) is 2.68. The number of hydrogen-bond donors (Lipinski definition) is 3. The molecule has 0 aliphatic rings. The molecule has 0 bridgehead atoms. The van der Waals surface area contributed by atoms with Gasteiger partial charge in [-0.25, -0.2) is 0 Å². The Hall–Kier alpha value is -1.29. The monoisotopic (exact) mass is 170 g/mol. The van der Waals surface area contributed by atoms with Gasteiger partial charge in [-0.2, -0.15) is 4.57 Å². The van der Waals surface area contributed by atoms with Crippen LogP contribution in [0.1, 0.15) is 11.4 Å². The SMILES string of the molecule is Cc1cc(O)c(O)c(CO)[n+]1C. The van der Waals surface area contributed by atoms with Crippen molar-refractivity contribution in [3.63, 3.8) is 0 Å². The summed E-state index contributed by atoms with van der Waals surface area (Å²) in [5.41, 5.74) is 1.09. The summed E-state index contributed by atoms with van der Waals surface area (Å²) >= 11 is 0. The van der Waals surface area contributed by atoms with Crippen LogP contribution in [0.2, 0.25) is 0 Å². The van der Waals surface area contributed by atoms with Crippen LogP contribution in [0.5, 0.6) is 11.5 Å². The van der Waals surface area contributed by atoms with Crippen LogP contribution in [0.15, 0.2) is 6.07 Å². The van der Waals surface area contributed by atoms with Crippen LogP contribution in [0, 0.1) is 6.92 Å². The highest BCUT2D eigenvalue weighted by atomic mass is 16.3. The number of pyridine rings is 1. The van der Waals surface area contributed by atoms with Gasteiger partial charge in [0, 0.05) is 6.92 Å². The molecule has 1 aromatic heterocycles. The maximum absolute atomic E-state index is 9.27. The predicted molar refractivity (Wildman–Crippen MR) is 41.6 cm³/mol. The number of aromatic nitrogens is 1. The van der Waals surface area contributed by atoms with Crippen molar-refractivity contribution in [2.24, 2.45) is 7.05 Å². The minimum absolute atomic E-state index is 0.199. The highest BCUT2D eigenvalue weighted by Crippen LogP contribution is 2.26. The minimum Gasteiger partial charge on any atom is -0.504 e. The molecule has 0 radical (unpaired) electrons. The van der Waals surface area contributed by atoms with Gasteiger partial charge in [0.05, 0.1) is 6.07 Å². The van der Waals surface area contributed by atoms with Crippen molar-refractivity contribution >= 4 is 0 Å². The molecule has 0 amide bonds. The number of hydrogen-bond acceptors (Lipinski definition) is 3. The van der Waals surface area contributed by atoms with Gasteiger partial charge in [-0.05, 0) is 0 Å². The van der Waals surface area contributed by atoms with Gasteiger partial charge in [-0.1, -0.05) is 0 Å². The highest BCUT2D eigenvalue weighted by molar-refractivity contribution is 5.38. The third kappa shape index (κ3) is 1.21. The van der Waals surface area contributed by atoms with E-state index < -0.39 is 0 Å². The van der Waals surface area contributed by atoms with Crippen molar-refractivity contribution in [2.75, 3.05) is 0 Å². The average Bonchev–Trinajstić information content (AvgIpc) is 2.02. The average molecular weight is 170 g/mol. The number of aromatic hydroxyl groups is 2. The second-order valence-electron chi connectivity index (χ2n) is 2.68. The molecule has 12 heavy (non-hydrogen) atoms. The number of rotatable bonds is 1. The first-order valence-corrected chi connectivity index (χ1v) is 3.59. The molecule has 0 unspecified atom stereocenters. The van der Waals surface area contributed by atoms with Crippen LogP contribution < -0.4 is 4.57 Å². The molecule has 0 aromatic carbocycles. The quantitative estimate of drug-likeness (QED) is 0.508. The van der Waals surface area contributed by atoms with E-state index in [1.165, 1.54) is 6.07 Å². The van der Waals surface area contributed by atoms with E-state index >= 15 is 0 Å². The summed E-state index contributed by atoms with van der Waals surface area (Å²) in [5.74, 6) is -0.458. The summed E-state index contributed by atoms with van der Waals surface area (Å²) in [6.07, 6.45) is 0. The molecule has 66 valence electrons. The van der Waals surface area contributed by atoms with E-state index in [0.717, 1.165) is 5.69 Å². The van der Waals surface area contributed by atoms with Gasteiger partial charge in [0.25, 0.3) is 5.69 Å². The molecule has 4 heteroatoms. The predicted octanol–water partition coefficient (Wildman–Crippen LogP) is -0.277. The Kier molecular flexibility index (Phi) is 2.19. The molecule has 0 atom stereocenters. The van der Waals surface area contributed by atoms with Gasteiger partial charge in [-0.3, -0.25) is 0 Å². The zero-order valence-electron chi connectivity index (χ0n) is 7.07. The Morgan fingerprint density at radius 1 is 1.42 bits per heavy atom. The van der Waals surface area contributed by atoms with E-state index in [1.807, 2.05) is 0 Å². The summed E-state index contributed by atoms with van der Waals surface area (Å²) in [5, 5.41) is 27.3. The van der Waals surface area contributed by atoms with Gasteiger partial charge in [-0.15, -0.1) is 0 Å². The topological polar surface area (TPSA) is 64.6 Å². The Morgan fingerprint density at radius 2 is 2.00 bits per heavy atom. The zero-order valence-corrected chi connectivity index (χ0v) is 7.07. The number of nitrogens with zero attached hydrogens (tertiary/aromatic N) is 1. The van der Waals surface area contributed by atoms with Crippen molar-refractivity contribution < 1.29 is 19.9 Å².